The molecule has 0 aliphatic rings. The molecule has 3 heteroatoms. The molecule has 1 unspecified atom stereocenters. The molecule has 0 amide bonds. The van der Waals surface area contributed by atoms with Crippen LogP contribution in [0.5, 0.6) is 0 Å². The molecule has 0 fully saturated rings. The highest BCUT2D eigenvalue weighted by molar-refractivity contribution is 5.81. The second kappa shape index (κ2) is 6.01. The Morgan fingerprint density at radius 3 is 2.78 bits per heavy atom. The second-order valence-electron chi connectivity index (χ2n) is 4.85. The van der Waals surface area contributed by atoms with Crippen LogP contribution in [-0.4, -0.2) is 15.8 Å². The Bertz CT molecular complexity index is 501. The van der Waals surface area contributed by atoms with Crippen LogP contribution in [0.3, 0.4) is 0 Å². The lowest BCUT2D eigenvalue weighted by Gasteiger charge is -2.11. The first kappa shape index (κ1) is 13.1. The van der Waals surface area contributed by atoms with Gasteiger partial charge in [0.2, 0.25) is 0 Å². The van der Waals surface area contributed by atoms with Crippen molar-refractivity contribution < 1.29 is 0 Å². The summed E-state index contributed by atoms with van der Waals surface area (Å²) in [6.07, 6.45) is 2.44. The van der Waals surface area contributed by atoms with E-state index in [9.17, 15) is 0 Å². The van der Waals surface area contributed by atoms with E-state index in [2.05, 4.69) is 55.0 Å². The summed E-state index contributed by atoms with van der Waals surface area (Å²) in [6, 6.07) is 9.03. The van der Waals surface area contributed by atoms with Gasteiger partial charge in [-0.1, -0.05) is 31.5 Å². The van der Waals surface area contributed by atoms with Crippen LogP contribution in [0.2, 0.25) is 0 Å². The Labute approximate surface area is 109 Å². The number of benzene rings is 1. The molecule has 2 rings (SSSR count). The molecule has 1 heterocycles. The average Bonchev–Trinajstić information content (AvgIpc) is 2.75. The van der Waals surface area contributed by atoms with Crippen molar-refractivity contribution >= 4 is 10.9 Å². The first-order valence-electron chi connectivity index (χ1n) is 6.94. The molecule has 1 N–H and O–H groups in total. The molecule has 0 saturated heterocycles. The van der Waals surface area contributed by atoms with Crippen LogP contribution in [0.25, 0.3) is 10.9 Å². The smallest absolute Gasteiger partial charge is 0.0841 e. The quantitative estimate of drug-likeness (QED) is 0.846. The Morgan fingerprint density at radius 1 is 1.28 bits per heavy atom. The summed E-state index contributed by atoms with van der Waals surface area (Å²) in [5, 5.41) is 9.52. The number of rotatable bonds is 6. The maximum absolute atomic E-state index is 4.69. The number of hydrogen-bond acceptors (Lipinski definition) is 2. The molecular weight excluding hydrogens is 222 g/mol. The fraction of sp³-hybridized carbons (Fsp3) is 0.533. The zero-order valence-corrected chi connectivity index (χ0v) is 11.6. The molecule has 1 aromatic heterocycles. The van der Waals surface area contributed by atoms with Crippen molar-refractivity contribution in [1.29, 1.82) is 0 Å². The largest absolute Gasteiger partial charge is 0.309 e. The van der Waals surface area contributed by atoms with Gasteiger partial charge in [-0.15, -0.1) is 0 Å². The number of para-hydroxylation sites is 1. The lowest BCUT2D eigenvalue weighted by molar-refractivity contribution is 0.501. The molecule has 0 bridgehead atoms. The number of aryl methyl sites for hydroxylation is 1. The highest BCUT2D eigenvalue weighted by Crippen LogP contribution is 2.18. The Kier molecular flexibility index (Phi) is 4.37. The molecule has 0 aliphatic carbocycles. The van der Waals surface area contributed by atoms with Gasteiger partial charge in [0.1, 0.15) is 0 Å². The van der Waals surface area contributed by atoms with Crippen molar-refractivity contribution in [3.8, 4) is 0 Å². The molecule has 0 spiro atoms. The van der Waals surface area contributed by atoms with Crippen molar-refractivity contribution in [2.45, 2.75) is 52.7 Å². The monoisotopic (exact) mass is 245 g/mol. The van der Waals surface area contributed by atoms with Crippen LogP contribution in [0.1, 0.15) is 39.3 Å². The minimum absolute atomic E-state index is 0.556. The molecule has 0 aliphatic heterocycles. The van der Waals surface area contributed by atoms with Crippen molar-refractivity contribution in [2.75, 3.05) is 0 Å². The molecule has 3 nitrogen and oxygen atoms in total. The first-order valence-corrected chi connectivity index (χ1v) is 6.94. The van der Waals surface area contributed by atoms with Crippen LogP contribution in [0.4, 0.5) is 0 Å². The van der Waals surface area contributed by atoms with Gasteiger partial charge in [0.05, 0.1) is 11.2 Å². The highest BCUT2D eigenvalue weighted by Gasteiger charge is 2.09. The number of aromatic nitrogens is 2. The summed E-state index contributed by atoms with van der Waals surface area (Å²) in [6.45, 7) is 8.37. The van der Waals surface area contributed by atoms with E-state index in [1.54, 1.807) is 0 Å². The lowest BCUT2D eigenvalue weighted by Crippen LogP contribution is -2.25. The molecule has 1 aromatic carbocycles. The van der Waals surface area contributed by atoms with Gasteiger partial charge < -0.3 is 5.32 Å². The highest BCUT2D eigenvalue weighted by atomic mass is 15.3. The van der Waals surface area contributed by atoms with E-state index in [1.807, 2.05) is 0 Å². The number of hydrogen-bond donors (Lipinski definition) is 1. The Morgan fingerprint density at radius 2 is 2.06 bits per heavy atom. The van der Waals surface area contributed by atoms with E-state index in [0.717, 1.165) is 18.8 Å². The minimum Gasteiger partial charge on any atom is -0.309 e. The van der Waals surface area contributed by atoms with Gasteiger partial charge in [-0.25, -0.2) is 0 Å². The number of nitrogens with zero attached hydrogens (tertiary/aromatic N) is 2. The molecule has 0 radical (unpaired) electrons. The predicted molar refractivity (Wildman–Crippen MR) is 76.6 cm³/mol. The van der Waals surface area contributed by atoms with Crippen molar-refractivity contribution in [3.05, 3.63) is 30.0 Å². The SMILES string of the molecule is CCCC(C)NCc1nn(CC)c2ccccc12. The van der Waals surface area contributed by atoms with E-state index in [-0.39, 0.29) is 0 Å². The van der Waals surface area contributed by atoms with Crippen LogP contribution >= 0.6 is 0 Å². The summed E-state index contributed by atoms with van der Waals surface area (Å²) in [5.41, 5.74) is 2.40. The van der Waals surface area contributed by atoms with Crippen LogP contribution in [-0.2, 0) is 13.1 Å². The van der Waals surface area contributed by atoms with Gasteiger partial charge in [0.25, 0.3) is 0 Å². The van der Waals surface area contributed by atoms with E-state index < -0.39 is 0 Å². The third-order valence-electron chi connectivity index (χ3n) is 3.37. The minimum atomic E-state index is 0.556. The van der Waals surface area contributed by atoms with E-state index in [4.69, 9.17) is 5.10 Å². The van der Waals surface area contributed by atoms with Crippen LogP contribution in [0, 0.1) is 0 Å². The summed E-state index contributed by atoms with van der Waals surface area (Å²) in [4.78, 5) is 0. The van der Waals surface area contributed by atoms with Gasteiger partial charge in [-0.3, -0.25) is 4.68 Å². The van der Waals surface area contributed by atoms with Crippen molar-refractivity contribution in [3.63, 3.8) is 0 Å². The lowest BCUT2D eigenvalue weighted by atomic mass is 10.1. The standard InChI is InChI=1S/C15H23N3/c1-4-8-12(3)16-11-14-13-9-6-7-10-15(13)18(5-2)17-14/h6-7,9-10,12,16H,4-5,8,11H2,1-3H3. The molecule has 1 atom stereocenters. The van der Waals surface area contributed by atoms with E-state index >= 15 is 0 Å². The van der Waals surface area contributed by atoms with Crippen LogP contribution in [0.15, 0.2) is 24.3 Å². The molecule has 0 saturated carbocycles. The molecule has 2 aromatic rings. The maximum atomic E-state index is 4.69. The van der Waals surface area contributed by atoms with E-state index in [1.165, 1.54) is 23.7 Å². The fourth-order valence-electron chi connectivity index (χ4n) is 2.37. The summed E-state index contributed by atoms with van der Waals surface area (Å²) >= 11 is 0. The summed E-state index contributed by atoms with van der Waals surface area (Å²) in [7, 11) is 0. The van der Waals surface area contributed by atoms with Gasteiger partial charge in [0.15, 0.2) is 0 Å². The predicted octanol–water partition coefficient (Wildman–Crippen LogP) is 3.33. The van der Waals surface area contributed by atoms with Crippen molar-refractivity contribution in [1.82, 2.24) is 15.1 Å². The van der Waals surface area contributed by atoms with Gasteiger partial charge in [0, 0.05) is 24.5 Å². The normalized spacial score (nSPS) is 13.1. The third kappa shape index (κ3) is 2.72. The number of fused-ring (bicyclic) bond motifs is 1. The number of nitrogens with one attached hydrogen (secondary N) is 1. The van der Waals surface area contributed by atoms with Crippen molar-refractivity contribution in [2.24, 2.45) is 0 Å². The summed E-state index contributed by atoms with van der Waals surface area (Å²) < 4.78 is 2.08. The van der Waals surface area contributed by atoms with Gasteiger partial charge >= 0.3 is 0 Å². The second-order valence-corrected chi connectivity index (χ2v) is 4.85. The molecule has 18 heavy (non-hydrogen) atoms. The average molecular weight is 245 g/mol. The molecular formula is C15H23N3. The van der Waals surface area contributed by atoms with Gasteiger partial charge in [-0.05, 0) is 26.3 Å². The zero-order chi connectivity index (χ0) is 13.0. The Hall–Kier alpha value is -1.35. The van der Waals surface area contributed by atoms with E-state index in [0.29, 0.717) is 6.04 Å². The zero-order valence-electron chi connectivity index (χ0n) is 11.6. The Balaban J connectivity index is 2.18. The third-order valence-corrected chi connectivity index (χ3v) is 3.37. The summed E-state index contributed by atoms with van der Waals surface area (Å²) in [5.74, 6) is 0. The first-order chi connectivity index (χ1) is 8.76. The molecule has 98 valence electrons. The topological polar surface area (TPSA) is 29.9 Å². The fourth-order valence-corrected chi connectivity index (χ4v) is 2.37. The maximum Gasteiger partial charge on any atom is 0.0841 e. The van der Waals surface area contributed by atoms with Gasteiger partial charge in [-0.2, -0.15) is 5.10 Å². The van der Waals surface area contributed by atoms with Crippen LogP contribution < -0.4 is 5.32 Å².